The Kier molecular flexibility index (Phi) is 16.5. The number of rotatable bonds is 6. The molecule has 2 radical (unpaired) electrons. The van der Waals surface area contributed by atoms with Gasteiger partial charge in [-0.3, -0.25) is 0 Å². The van der Waals surface area contributed by atoms with Crippen molar-refractivity contribution in [3.8, 4) is 22.3 Å². The van der Waals surface area contributed by atoms with E-state index in [2.05, 4.69) is 164 Å². The first-order chi connectivity index (χ1) is 24.6. The molecule has 1 fully saturated rings. The first-order valence-electron chi connectivity index (χ1n) is 18.7. The van der Waals surface area contributed by atoms with Crippen molar-refractivity contribution < 1.29 is 20.8 Å². The fourth-order valence-electron chi connectivity index (χ4n) is 7.13. The molecule has 0 saturated heterocycles. The molecule has 7 rings (SSSR count). The van der Waals surface area contributed by atoms with Gasteiger partial charge in [0.15, 0.2) is 0 Å². The number of hydrogen-bond acceptors (Lipinski definition) is 0. The Morgan fingerprint density at radius 3 is 1.73 bits per heavy atom. The van der Waals surface area contributed by atoms with Crippen molar-refractivity contribution in [3.05, 3.63) is 131 Å². The summed E-state index contributed by atoms with van der Waals surface area (Å²) in [5, 5.41) is 5.55. The van der Waals surface area contributed by atoms with Crippen LogP contribution in [0.5, 0.6) is 0 Å². The minimum absolute atomic E-state index is 0.209. The fraction of sp³-hybridized carbons (Fsp3) is 0.362. The van der Waals surface area contributed by atoms with Gasteiger partial charge in [-0.15, -0.1) is 69.1 Å². The van der Waals surface area contributed by atoms with Gasteiger partial charge in [-0.25, -0.2) is 0 Å². The Morgan fingerprint density at radius 1 is 0.745 bits per heavy atom. The third kappa shape index (κ3) is 11.1. The van der Waals surface area contributed by atoms with Crippen molar-refractivity contribution in [1.82, 2.24) is 0 Å². The summed E-state index contributed by atoms with van der Waals surface area (Å²) in [5.41, 5.74) is 11.4. The zero-order valence-electron chi connectivity index (χ0n) is 32.0. The standard InChI is InChI=1S/C24H27.C21H23.C2H6Si.2ClH.Zr/c1-24(2,3)21-13-11-18(12-14-21)22-10-6-9-19-15-20(16-23(19)22)17-7-4-5-8-17;1-4-15(3)17-9-11-18(12-10-17)20-8-6-7-19-13-16(5-2)14-21(19)20;1-3-2;;;/h6,9-17H,4-5,7-8H2,1-3H3;6-15H,4-5H2,1-3H3;1-2H3;2*1H;/q2*-1;;;;+4/p-2. The van der Waals surface area contributed by atoms with E-state index in [1.807, 2.05) is 0 Å². The van der Waals surface area contributed by atoms with Crippen LogP contribution in [-0.4, -0.2) is 9.52 Å². The molecule has 1 saturated carbocycles. The molecule has 1 aliphatic carbocycles. The summed E-state index contributed by atoms with van der Waals surface area (Å²) in [5.74, 6) is 1.42. The summed E-state index contributed by atoms with van der Waals surface area (Å²) in [6.45, 7) is 17.9. The van der Waals surface area contributed by atoms with Crippen LogP contribution in [0.1, 0.15) is 108 Å². The normalized spacial score (nSPS) is 13.4. The molecule has 0 amide bonds. The van der Waals surface area contributed by atoms with Gasteiger partial charge in [0, 0.05) is 9.52 Å². The Hall–Kier alpha value is -2.22. The molecular weight excluding hydrogens is 755 g/mol. The number of fused-ring (bicyclic) bond motifs is 2. The molecule has 0 nitrogen and oxygen atoms in total. The second-order valence-corrected chi connectivity index (χ2v) is 19.7. The fourth-order valence-corrected chi connectivity index (χ4v) is 7.13. The van der Waals surface area contributed by atoms with Gasteiger partial charge in [0.25, 0.3) is 0 Å². The van der Waals surface area contributed by atoms with Gasteiger partial charge in [0.2, 0.25) is 0 Å². The third-order valence-corrected chi connectivity index (χ3v) is 10.3. The van der Waals surface area contributed by atoms with Crippen LogP contribution in [0.4, 0.5) is 0 Å². The molecule has 1 aliphatic rings. The van der Waals surface area contributed by atoms with Crippen molar-refractivity contribution in [1.29, 1.82) is 0 Å². The van der Waals surface area contributed by atoms with Gasteiger partial charge < -0.3 is 0 Å². The van der Waals surface area contributed by atoms with Crippen molar-refractivity contribution >= 4 is 48.1 Å². The molecule has 0 bridgehead atoms. The minimum atomic E-state index is -0.826. The van der Waals surface area contributed by atoms with E-state index in [1.165, 1.54) is 92.6 Å². The average molecular weight is 811 g/mol. The van der Waals surface area contributed by atoms with E-state index in [9.17, 15) is 0 Å². The van der Waals surface area contributed by atoms with E-state index < -0.39 is 20.8 Å². The van der Waals surface area contributed by atoms with Gasteiger partial charge in [-0.05, 0) is 65.2 Å². The maximum absolute atomic E-state index is 4.93. The zero-order chi connectivity index (χ0) is 37.0. The van der Waals surface area contributed by atoms with Crippen LogP contribution in [0.25, 0.3) is 43.8 Å². The number of hydrogen-bond donors (Lipinski definition) is 0. The van der Waals surface area contributed by atoms with E-state index >= 15 is 0 Å². The second-order valence-electron chi connectivity index (χ2n) is 14.9. The summed E-state index contributed by atoms with van der Waals surface area (Å²) in [7, 11) is 11.0. The van der Waals surface area contributed by atoms with Crippen molar-refractivity contribution in [2.24, 2.45) is 0 Å². The summed E-state index contributed by atoms with van der Waals surface area (Å²) in [4.78, 5) is 0. The summed E-state index contributed by atoms with van der Waals surface area (Å²) >= 11 is -0.826. The Bertz CT molecular complexity index is 1900. The van der Waals surface area contributed by atoms with Crippen LogP contribution >= 0.6 is 17.0 Å². The van der Waals surface area contributed by atoms with Crippen LogP contribution in [-0.2, 0) is 32.7 Å². The molecule has 51 heavy (non-hydrogen) atoms. The summed E-state index contributed by atoms with van der Waals surface area (Å²) in [6.07, 6.45) is 7.82. The van der Waals surface area contributed by atoms with Crippen LogP contribution in [0.3, 0.4) is 0 Å². The molecule has 1 atom stereocenters. The van der Waals surface area contributed by atoms with Crippen LogP contribution < -0.4 is 0 Å². The van der Waals surface area contributed by atoms with Crippen LogP contribution in [0.2, 0.25) is 13.1 Å². The summed E-state index contributed by atoms with van der Waals surface area (Å²) in [6, 6.07) is 41.2. The van der Waals surface area contributed by atoms with Gasteiger partial charge in [-0.1, -0.05) is 139 Å². The number of benzene rings is 4. The topological polar surface area (TPSA) is 0 Å². The SMILES string of the molecule is CC(C)(C)c1ccc(-c2cccc3[cH-]c(C4CCCC4)cc23)cc1.CCc1cc2c(-c3ccc(C(C)CC)cc3)cccc2[cH-]1.C[Si]C.[Cl][Zr+2][Cl]. The average Bonchev–Trinajstić information content (AvgIpc) is 3.92. The molecule has 6 aromatic carbocycles. The number of halogens is 2. The molecule has 0 aromatic heterocycles. The van der Waals surface area contributed by atoms with E-state index in [0.717, 1.165) is 21.9 Å². The first kappa shape index (κ1) is 41.5. The molecular formula is C47H56Cl2SiZr. The molecule has 0 N–H and O–H groups in total. The van der Waals surface area contributed by atoms with Gasteiger partial charge >= 0.3 is 37.9 Å². The summed E-state index contributed by atoms with van der Waals surface area (Å²) < 4.78 is 0. The molecule has 266 valence electrons. The van der Waals surface area contributed by atoms with Crippen molar-refractivity contribution in [2.45, 2.75) is 110 Å². The van der Waals surface area contributed by atoms with E-state index in [0.29, 0.717) is 5.92 Å². The predicted molar refractivity (Wildman–Crippen MR) is 227 cm³/mol. The zero-order valence-corrected chi connectivity index (χ0v) is 37.0. The maximum atomic E-state index is 4.93. The van der Waals surface area contributed by atoms with Gasteiger partial charge in [-0.2, -0.15) is 12.1 Å². The Labute approximate surface area is 330 Å². The van der Waals surface area contributed by atoms with Crippen molar-refractivity contribution in [2.75, 3.05) is 0 Å². The molecule has 6 aromatic rings. The van der Waals surface area contributed by atoms with Crippen LogP contribution in [0, 0.1) is 0 Å². The third-order valence-electron chi connectivity index (χ3n) is 10.3. The Morgan fingerprint density at radius 2 is 1.24 bits per heavy atom. The number of aryl methyl sites for hydroxylation is 1. The molecule has 0 heterocycles. The molecule has 1 unspecified atom stereocenters. The predicted octanol–water partition coefficient (Wildman–Crippen LogP) is 15.6. The molecule has 0 aliphatic heterocycles. The van der Waals surface area contributed by atoms with Gasteiger partial charge in [0.1, 0.15) is 0 Å². The van der Waals surface area contributed by atoms with E-state index in [4.69, 9.17) is 17.0 Å². The van der Waals surface area contributed by atoms with Crippen molar-refractivity contribution in [3.63, 3.8) is 0 Å². The molecule has 4 heteroatoms. The second kappa shape index (κ2) is 20.3. The quantitative estimate of drug-likeness (QED) is 0.116. The van der Waals surface area contributed by atoms with E-state index in [1.54, 1.807) is 5.56 Å². The molecule has 0 spiro atoms. The first-order valence-corrected chi connectivity index (χ1v) is 27.0. The van der Waals surface area contributed by atoms with E-state index in [-0.39, 0.29) is 5.41 Å². The Balaban J connectivity index is 0.000000200. The monoisotopic (exact) mass is 808 g/mol. The van der Waals surface area contributed by atoms with Crippen LogP contribution in [0.15, 0.2) is 109 Å². The van der Waals surface area contributed by atoms with Gasteiger partial charge in [0.05, 0.1) is 0 Å².